The van der Waals surface area contributed by atoms with Crippen LogP contribution in [0.25, 0.3) is 0 Å². The summed E-state index contributed by atoms with van der Waals surface area (Å²) in [7, 11) is 0. The van der Waals surface area contributed by atoms with E-state index in [1.54, 1.807) is 0 Å². The van der Waals surface area contributed by atoms with E-state index in [2.05, 4.69) is 22.2 Å². The van der Waals surface area contributed by atoms with E-state index in [1.807, 2.05) is 19.9 Å². The van der Waals surface area contributed by atoms with Gasteiger partial charge in [0.2, 0.25) is 5.88 Å². The Labute approximate surface area is 96.4 Å². The molecule has 16 heavy (non-hydrogen) atoms. The van der Waals surface area contributed by atoms with Gasteiger partial charge >= 0.3 is 0 Å². The first-order valence-corrected chi connectivity index (χ1v) is 5.91. The third-order valence-corrected chi connectivity index (χ3v) is 2.93. The van der Waals surface area contributed by atoms with E-state index in [0.717, 1.165) is 30.0 Å². The van der Waals surface area contributed by atoms with Crippen molar-refractivity contribution in [3.63, 3.8) is 0 Å². The maximum atomic E-state index is 5.38. The lowest BCUT2D eigenvalue weighted by atomic mass is 10.3. The second-order valence-corrected chi connectivity index (χ2v) is 4.43. The molecule has 1 N–H and O–H groups in total. The maximum absolute atomic E-state index is 5.38. The van der Waals surface area contributed by atoms with Crippen molar-refractivity contribution >= 4 is 5.82 Å². The van der Waals surface area contributed by atoms with Gasteiger partial charge in [-0.05, 0) is 32.1 Å². The number of hydrogen-bond acceptors (Lipinski definition) is 4. The van der Waals surface area contributed by atoms with Crippen LogP contribution in [-0.4, -0.2) is 23.1 Å². The van der Waals surface area contributed by atoms with Gasteiger partial charge in [0, 0.05) is 12.6 Å². The van der Waals surface area contributed by atoms with Gasteiger partial charge in [0.15, 0.2) is 0 Å². The number of hydrogen-bond donors (Lipinski definition) is 1. The highest BCUT2D eigenvalue weighted by Gasteiger charge is 2.31. The fourth-order valence-electron chi connectivity index (χ4n) is 1.77. The molecule has 1 saturated carbocycles. The SMILES string of the molecule is CCOc1cc(NCC2CC2C)nc(C)n1. The molecule has 4 heteroatoms. The van der Waals surface area contributed by atoms with Crippen LogP contribution in [0.2, 0.25) is 0 Å². The molecule has 2 atom stereocenters. The van der Waals surface area contributed by atoms with Crippen molar-refractivity contribution in [2.45, 2.75) is 27.2 Å². The van der Waals surface area contributed by atoms with Crippen LogP contribution in [0.15, 0.2) is 6.07 Å². The van der Waals surface area contributed by atoms with Crippen molar-refractivity contribution < 1.29 is 4.74 Å². The molecule has 1 aliphatic carbocycles. The van der Waals surface area contributed by atoms with Crippen molar-refractivity contribution in [1.82, 2.24) is 9.97 Å². The Morgan fingerprint density at radius 3 is 2.88 bits per heavy atom. The van der Waals surface area contributed by atoms with Gasteiger partial charge in [-0.1, -0.05) is 6.92 Å². The number of aromatic nitrogens is 2. The molecule has 4 nitrogen and oxygen atoms in total. The molecule has 0 saturated heterocycles. The summed E-state index contributed by atoms with van der Waals surface area (Å²) in [5, 5.41) is 3.35. The molecule has 1 aliphatic rings. The minimum absolute atomic E-state index is 0.634. The number of rotatable bonds is 5. The van der Waals surface area contributed by atoms with Gasteiger partial charge in [-0.15, -0.1) is 0 Å². The van der Waals surface area contributed by atoms with E-state index in [-0.39, 0.29) is 0 Å². The Kier molecular flexibility index (Phi) is 3.27. The van der Waals surface area contributed by atoms with Crippen LogP contribution in [0, 0.1) is 18.8 Å². The topological polar surface area (TPSA) is 47.0 Å². The molecule has 88 valence electrons. The molecule has 0 bridgehead atoms. The molecule has 0 aliphatic heterocycles. The lowest BCUT2D eigenvalue weighted by Crippen LogP contribution is -2.08. The average Bonchev–Trinajstić information content (AvgIpc) is 2.91. The summed E-state index contributed by atoms with van der Waals surface area (Å²) in [5.74, 6) is 3.95. The Morgan fingerprint density at radius 1 is 1.50 bits per heavy atom. The maximum Gasteiger partial charge on any atom is 0.218 e. The Morgan fingerprint density at radius 2 is 2.25 bits per heavy atom. The lowest BCUT2D eigenvalue weighted by molar-refractivity contribution is 0.325. The predicted octanol–water partition coefficient (Wildman–Crippen LogP) is 2.25. The zero-order valence-corrected chi connectivity index (χ0v) is 10.2. The summed E-state index contributed by atoms with van der Waals surface area (Å²) in [6, 6.07) is 1.86. The van der Waals surface area contributed by atoms with Gasteiger partial charge in [-0.25, -0.2) is 4.98 Å². The van der Waals surface area contributed by atoms with Crippen LogP contribution in [0.3, 0.4) is 0 Å². The van der Waals surface area contributed by atoms with Crippen LogP contribution in [0.1, 0.15) is 26.1 Å². The highest BCUT2D eigenvalue weighted by atomic mass is 16.5. The molecule has 2 unspecified atom stereocenters. The quantitative estimate of drug-likeness (QED) is 0.828. The summed E-state index contributed by atoms with van der Waals surface area (Å²) in [4.78, 5) is 8.55. The van der Waals surface area contributed by atoms with Gasteiger partial charge in [-0.3, -0.25) is 0 Å². The monoisotopic (exact) mass is 221 g/mol. The van der Waals surface area contributed by atoms with E-state index >= 15 is 0 Å². The summed E-state index contributed by atoms with van der Waals surface area (Å²) >= 11 is 0. The molecule has 1 aromatic heterocycles. The van der Waals surface area contributed by atoms with Crippen molar-refractivity contribution in [2.75, 3.05) is 18.5 Å². The molecule has 0 amide bonds. The Hall–Kier alpha value is -1.32. The van der Waals surface area contributed by atoms with Crippen LogP contribution in [0.4, 0.5) is 5.82 Å². The van der Waals surface area contributed by atoms with Crippen LogP contribution < -0.4 is 10.1 Å². The largest absolute Gasteiger partial charge is 0.478 e. The normalized spacial score (nSPS) is 22.9. The first-order chi connectivity index (χ1) is 7.69. The van der Waals surface area contributed by atoms with Gasteiger partial charge in [0.25, 0.3) is 0 Å². The molecule has 2 rings (SSSR count). The minimum atomic E-state index is 0.634. The van der Waals surface area contributed by atoms with Gasteiger partial charge in [0.1, 0.15) is 11.6 Å². The second kappa shape index (κ2) is 4.68. The zero-order chi connectivity index (χ0) is 11.5. The average molecular weight is 221 g/mol. The van der Waals surface area contributed by atoms with Crippen molar-refractivity contribution in [2.24, 2.45) is 11.8 Å². The first-order valence-electron chi connectivity index (χ1n) is 5.91. The summed E-state index contributed by atoms with van der Waals surface area (Å²) in [6.07, 6.45) is 1.33. The highest BCUT2D eigenvalue weighted by molar-refractivity contribution is 5.38. The van der Waals surface area contributed by atoms with Crippen LogP contribution in [-0.2, 0) is 0 Å². The van der Waals surface area contributed by atoms with Crippen molar-refractivity contribution in [3.05, 3.63) is 11.9 Å². The number of anilines is 1. The van der Waals surface area contributed by atoms with E-state index in [1.165, 1.54) is 6.42 Å². The van der Waals surface area contributed by atoms with E-state index in [9.17, 15) is 0 Å². The number of aryl methyl sites for hydroxylation is 1. The first kappa shape index (κ1) is 11.2. The smallest absolute Gasteiger partial charge is 0.218 e. The minimum Gasteiger partial charge on any atom is -0.478 e. The van der Waals surface area contributed by atoms with E-state index in [0.29, 0.717) is 12.5 Å². The highest BCUT2D eigenvalue weighted by Crippen LogP contribution is 2.37. The third-order valence-electron chi connectivity index (χ3n) is 2.93. The third kappa shape index (κ3) is 2.84. The molecule has 0 spiro atoms. The van der Waals surface area contributed by atoms with Crippen LogP contribution >= 0.6 is 0 Å². The van der Waals surface area contributed by atoms with Gasteiger partial charge in [0.05, 0.1) is 6.61 Å². The molecule has 1 fully saturated rings. The Bertz CT molecular complexity index is 367. The molecular formula is C12H19N3O. The fraction of sp³-hybridized carbons (Fsp3) is 0.667. The molecular weight excluding hydrogens is 202 g/mol. The zero-order valence-electron chi connectivity index (χ0n) is 10.2. The molecule has 1 heterocycles. The van der Waals surface area contributed by atoms with Gasteiger partial charge in [-0.2, -0.15) is 4.98 Å². The standard InChI is InChI=1S/C12H19N3O/c1-4-16-12-6-11(14-9(3)15-12)13-7-10-5-8(10)2/h6,8,10H,4-5,7H2,1-3H3,(H,13,14,15). The van der Waals surface area contributed by atoms with E-state index < -0.39 is 0 Å². The fourth-order valence-corrected chi connectivity index (χ4v) is 1.77. The molecule has 1 aromatic rings. The Balaban J connectivity index is 1.96. The summed E-state index contributed by atoms with van der Waals surface area (Å²) in [5.41, 5.74) is 0. The summed E-state index contributed by atoms with van der Waals surface area (Å²) in [6.45, 7) is 7.76. The lowest BCUT2D eigenvalue weighted by Gasteiger charge is -2.08. The molecule has 0 aromatic carbocycles. The molecule has 0 radical (unpaired) electrons. The summed E-state index contributed by atoms with van der Waals surface area (Å²) < 4.78 is 5.38. The van der Waals surface area contributed by atoms with E-state index in [4.69, 9.17) is 4.74 Å². The predicted molar refractivity (Wildman–Crippen MR) is 63.7 cm³/mol. The second-order valence-electron chi connectivity index (χ2n) is 4.43. The number of nitrogens with zero attached hydrogens (tertiary/aromatic N) is 2. The van der Waals surface area contributed by atoms with Crippen molar-refractivity contribution in [3.8, 4) is 5.88 Å². The van der Waals surface area contributed by atoms with Gasteiger partial charge < -0.3 is 10.1 Å². The number of ether oxygens (including phenoxy) is 1. The van der Waals surface area contributed by atoms with Crippen molar-refractivity contribution in [1.29, 1.82) is 0 Å². The number of nitrogens with one attached hydrogen (secondary N) is 1. The van der Waals surface area contributed by atoms with Crippen LogP contribution in [0.5, 0.6) is 5.88 Å².